The lowest BCUT2D eigenvalue weighted by molar-refractivity contribution is 0.416. The van der Waals surface area contributed by atoms with E-state index < -0.39 is 11.6 Å². The molecular weight excluding hydrogens is 413 g/mol. The Labute approximate surface area is 181 Å². The van der Waals surface area contributed by atoms with Gasteiger partial charge >= 0.3 is 5.76 Å². The molecule has 32 heavy (non-hydrogen) atoms. The monoisotopic (exact) mass is 433 g/mol. The van der Waals surface area contributed by atoms with Crippen molar-refractivity contribution < 1.29 is 13.5 Å². The first kappa shape index (κ1) is 19.9. The Hall–Kier alpha value is -4.01. The summed E-state index contributed by atoms with van der Waals surface area (Å²) >= 11 is 0. The van der Waals surface area contributed by atoms with E-state index >= 15 is 0 Å². The van der Waals surface area contributed by atoms with E-state index in [2.05, 4.69) is 15.2 Å². The van der Waals surface area contributed by atoms with Crippen molar-refractivity contribution in [3.63, 3.8) is 0 Å². The van der Waals surface area contributed by atoms with Crippen molar-refractivity contribution >= 4 is 22.3 Å². The second-order valence-corrected chi connectivity index (χ2v) is 7.82. The van der Waals surface area contributed by atoms with Gasteiger partial charge in [0.15, 0.2) is 11.2 Å². The van der Waals surface area contributed by atoms with Crippen LogP contribution in [0.5, 0.6) is 5.75 Å². The fourth-order valence-electron chi connectivity index (χ4n) is 3.87. The molecular formula is C23H20FN5O3. The molecule has 8 nitrogen and oxygen atoms in total. The summed E-state index contributed by atoms with van der Waals surface area (Å²) in [6, 6.07) is 8.23. The first-order chi connectivity index (χ1) is 15.4. The van der Waals surface area contributed by atoms with Gasteiger partial charge in [0.2, 0.25) is 0 Å². The average Bonchev–Trinajstić information content (AvgIpc) is 3.34. The van der Waals surface area contributed by atoms with Gasteiger partial charge in [0, 0.05) is 35.8 Å². The molecule has 0 aliphatic carbocycles. The highest BCUT2D eigenvalue weighted by Gasteiger charge is 2.19. The number of aromatic nitrogens is 5. The van der Waals surface area contributed by atoms with Crippen molar-refractivity contribution in [3.05, 3.63) is 59.2 Å². The molecule has 9 heteroatoms. The van der Waals surface area contributed by atoms with Crippen LogP contribution in [0.25, 0.3) is 44.5 Å². The zero-order valence-electron chi connectivity index (χ0n) is 18.0. The molecule has 0 N–H and O–H groups in total. The predicted molar refractivity (Wildman–Crippen MR) is 118 cm³/mol. The number of rotatable bonds is 4. The van der Waals surface area contributed by atoms with E-state index in [4.69, 9.17) is 9.15 Å². The second kappa shape index (κ2) is 7.30. The smallest absolute Gasteiger partial charge is 0.419 e. The van der Waals surface area contributed by atoms with Crippen LogP contribution in [0.4, 0.5) is 4.39 Å². The number of methoxy groups -OCH3 is 1. The minimum absolute atomic E-state index is 0.171. The molecule has 0 saturated heterocycles. The summed E-state index contributed by atoms with van der Waals surface area (Å²) in [7, 11) is 3.10. The van der Waals surface area contributed by atoms with Gasteiger partial charge in [-0.25, -0.2) is 14.2 Å². The first-order valence-corrected chi connectivity index (χ1v) is 10.0. The van der Waals surface area contributed by atoms with Crippen LogP contribution in [-0.4, -0.2) is 31.4 Å². The molecule has 0 radical (unpaired) electrons. The van der Waals surface area contributed by atoms with Crippen LogP contribution in [0.3, 0.4) is 0 Å². The highest BCUT2D eigenvalue weighted by molar-refractivity contribution is 5.92. The molecule has 5 aromatic rings. The van der Waals surface area contributed by atoms with Crippen molar-refractivity contribution in [1.29, 1.82) is 0 Å². The summed E-state index contributed by atoms with van der Waals surface area (Å²) in [5, 5.41) is 8.37. The summed E-state index contributed by atoms with van der Waals surface area (Å²) in [6.45, 7) is 4.08. The lowest BCUT2D eigenvalue weighted by atomic mass is 9.98. The quantitative estimate of drug-likeness (QED) is 0.419. The summed E-state index contributed by atoms with van der Waals surface area (Å²) in [5.41, 5.74) is 4.50. The number of benzene rings is 2. The van der Waals surface area contributed by atoms with Crippen LogP contribution < -0.4 is 10.5 Å². The number of ether oxygens (including phenoxy) is 1. The van der Waals surface area contributed by atoms with Crippen molar-refractivity contribution in [2.75, 3.05) is 7.11 Å². The fraction of sp³-hybridized carbons (Fsp3) is 0.217. The maximum absolute atomic E-state index is 15.0. The fourth-order valence-corrected chi connectivity index (χ4v) is 3.87. The maximum atomic E-state index is 15.0. The van der Waals surface area contributed by atoms with E-state index in [1.165, 1.54) is 17.7 Å². The molecule has 3 heterocycles. The Bertz CT molecular complexity index is 1550. The molecule has 162 valence electrons. The molecule has 0 fully saturated rings. The Balaban J connectivity index is 1.73. The van der Waals surface area contributed by atoms with E-state index in [0.717, 1.165) is 11.1 Å². The molecule has 5 rings (SSSR count). The van der Waals surface area contributed by atoms with E-state index in [9.17, 15) is 9.18 Å². The third kappa shape index (κ3) is 2.96. The van der Waals surface area contributed by atoms with Crippen LogP contribution in [0.2, 0.25) is 0 Å². The molecule has 3 aromatic heterocycles. The van der Waals surface area contributed by atoms with Gasteiger partial charge in [-0.05, 0) is 37.6 Å². The van der Waals surface area contributed by atoms with Crippen LogP contribution >= 0.6 is 0 Å². The van der Waals surface area contributed by atoms with Crippen LogP contribution in [0, 0.1) is 5.82 Å². The molecule has 0 saturated carbocycles. The molecule has 0 atom stereocenters. The number of hydrogen-bond acceptors (Lipinski definition) is 6. The second-order valence-electron chi connectivity index (χ2n) is 7.82. The highest BCUT2D eigenvalue weighted by atomic mass is 19.1. The Morgan fingerprint density at radius 3 is 2.69 bits per heavy atom. The summed E-state index contributed by atoms with van der Waals surface area (Å²) < 4.78 is 29.1. The third-order valence-electron chi connectivity index (χ3n) is 5.60. The van der Waals surface area contributed by atoms with Crippen molar-refractivity contribution in [3.8, 4) is 28.0 Å². The molecule has 0 amide bonds. The van der Waals surface area contributed by atoms with Gasteiger partial charge < -0.3 is 13.7 Å². The summed E-state index contributed by atoms with van der Waals surface area (Å²) in [6.07, 6.45) is 3.35. The number of hydrogen-bond donors (Lipinski definition) is 0. The van der Waals surface area contributed by atoms with Gasteiger partial charge in [-0.3, -0.25) is 4.57 Å². The van der Waals surface area contributed by atoms with Gasteiger partial charge in [-0.1, -0.05) is 6.07 Å². The Morgan fingerprint density at radius 2 is 1.94 bits per heavy atom. The van der Waals surface area contributed by atoms with Gasteiger partial charge in [0.1, 0.15) is 17.1 Å². The number of nitrogens with zero attached hydrogens (tertiary/aromatic N) is 5. The molecule has 0 unspecified atom stereocenters. The highest BCUT2D eigenvalue weighted by Crippen LogP contribution is 2.38. The van der Waals surface area contributed by atoms with Crippen LogP contribution in [-0.2, 0) is 7.05 Å². The predicted octanol–water partition coefficient (Wildman–Crippen LogP) is 4.33. The molecule has 0 aliphatic rings. The molecule has 0 bridgehead atoms. The van der Waals surface area contributed by atoms with E-state index in [1.54, 1.807) is 43.8 Å². The average molecular weight is 433 g/mol. The zero-order valence-corrected chi connectivity index (χ0v) is 18.0. The number of fused-ring (bicyclic) bond motifs is 2. The van der Waals surface area contributed by atoms with Crippen molar-refractivity contribution in [2.45, 2.75) is 19.9 Å². The van der Waals surface area contributed by atoms with Crippen LogP contribution in [0.1, 0.15) is 19.9 Å². The van der Waals surface area contributed by atoms with Gasteiger partial charge in [0.25, 0.3) is 0 Å². The van der Waals surface area contributed by atoms with Gasteiger partial charge in [-0.2, -0.15) is 5.10 Å². The van der Waals surface area contributed by atoms with Crippen molar-refractivity contribution in [1.82, 2.24) is 24.3 Å². The van der Waals surface area contributed by atoms with E-state index in [-0.39, 0.29) is 6.04 Å². The zero-order chi connectivity index (χ0) is 22.6. The largest absolute Gasteiger partial charge is 0.496 e. The molecule has 0 aliphatic heterocycles. The maximum Gasteiger partial charge on any atom is 0.419 e. The van der Waals surface area contributed by atoms with Gasteiger partial charge in [-0.15, -0.1) is 5.10 Å². The molecule has 2 aromatic carbocycles. The number of aryl methyl sites for hydroxylation is 1. The lowest BCUT2D eigenvalue weighted by Crippen LogP contribution is -2.08. The van der Waals surface area contributed by atoms with Gasteiger partial charge in [0.05, 0.1) is 25.2 Å². The van der Waals surface area contributed by atoms with E-state index in [1.807, 2.05) is 18.4 Å². The lowest BCUT2D eigenvalue weighted by Gasteiger charge is -2.12. The normalized spacial score (nSPS) is 11.7. The van der Waals surface area contributed by atoms with Crippen LogP contribution in [0.15, 0.2) is 52.1 Å². The number of imidazole rings is 1. The minimum Gasteiger partial charge on any atom is -0.496 e. The SMILES string of the molecule is COc1cc2c(cc1-c1cc(-c3cnnc4c3ncn4C(C)C)ccc1F)oc(=O)n2C. The summed E-state index contributed by atoms with van der Waals surface area (Å²) in [4.78, 5) is 16.4. The number of oxazole rings is 1. The Morgan fingerprint density at radius 1 is 1.12 bits per heavy atom. The van der Waals surface area contributed by atoms with Crippen molar-refractivity contribution in [2.24, 2.45) is 7.05 Å². The molecule has 0 spiro atoms. The minimum atomic E-state index is -0.501. The number of halogens is 1. The summed E-state index contributed by atoms with van der Waals surface area (Å²) in [5.74, 6) is -0.512. The van der Waals surface area contributed by atoms with E-state index in [0.29, 0.717) is 39.1 Å². The first-order valence-electron chi connectivity index (χ1n) is 10.0. The third-order valence-corrected chi connectivity index (χ3v) is 5.60. The Kier molecular flexibility index (Phi) is 4.54. The topological polar surface area (TPSA) is 88.0 Å². The standard InChI is InChI=1S/C23H20FN5O3/c1-12(2)29-11-25-21-16(10-26-27-22(21)29)13-5-6-17(24)14(7-13)15-8-20-18(9-19(15)31-4)28(3)23(30)32-20/h5-12H,1-4H3.